The van der Waals surface area contributed by atoms with Gasteiger partial charge in [-0.2, -0.15) is 0 Å². The second-order valence-electron chi connectivity index (χ2n) is 2.86. The van der Waals surface area contributed by atoms with Crippen LogP contribution in [0.3, 0.4) is 0 Å². The number of rotatable bonds is 2. The van der Waals surface area contributed by atoms with E-state index in [4.69, 9.17) is 39.5 Å². The summed E-state index contributed by atoms with van der Waals surface area (Å²) in [6.07, 6.45) is 1.31. The first-order valence-electron chi connectivity index (χ1n) is 4.25. The SMILES string of the molecule is Clc1ccc(Oc2cc(Cl)ncn2)c(Cl)c1. The first-order chi connectivity index (χ1) is 7.65. The van der Waals surface area contributed by atoms with E-state index in [0.717, 1.165) is 0 Å². The summed E-state index contributed by atoms with van der Waals surface area (Å²) in [6.45, 7) is 0. The van der Waals surface area contributed by atoms with Crippen molar-refractivity contribution in [2.75, 3.05) is 0 Å². The second-order valence-corrected chi connectivity index (χ2v) is 4.09. The molecular weight excluding hydrogens is 270 g/mol. The van der Waals surface area contributed by atoms with Crippen molar-refractivity contribution in [1.29, 1.82) is 0 Å². The second kappa shape index (κ2) is 4.87. The van der Waals surface area contributed by atoms with Gasteiger partial charge in [0.15, 0.2) is 0 Å². The zero-order chi connectivity index (χ0) is 11.5. The van der Waals surface area contributed by atoms with Crippen LogP contribution in [-0.2, 0) is 0 Å². The highest BCUT2D eigenvalue weighted by atomic mass is 35.5. The van der Waals surface area contributed by atoms with Crippen molar-refractivity contribution in [2.24, 2.45) is 0 Å². The first-order valence-corrected chi connectivity index (χ1v) is 5.39. The molecule has 3 nitrogen and oxygen atoms in total. The van der Waals surface area contributed by atoms with Crippen molar-refractivity contribution < 1.29 is 4.74 Å². The van der Waals surface area contributed by atoms with Crippen LogP contribution in [0.2, 0.25) is 15.2 Å². The number of hydrogen-bond acceptors (Lipinski definition) is 3. The summed E-state index contributed by atoms with van der Waals surface area (Å²) in [7, 11) is 0. The highest BCUT2D eigenvalue weighted by Crippen LogP contribution is 2.30. The molecule has 0 saturated carbocycles. The normalized spacial score (nSPS) is 10.2. The molecule has 2 rings (SSSR count). The topological polar surface area (TPSA) is 35.0 Å². The van der Waals surface area contributed by atoms with Crippen molar-refractivity contribution in [1.82, 2.24) is 9.97 Å². The smallest absolute Gasteiger partial charge is 0.223 e. The van der Waals surface area contributed by atoms with Gasteiger partial charge in [0.25, 0.3) is 0 Å². The lowest BCUT2D eigenvalue weighted by Gasteiger charge is -2.06. The molecule has 82 valence electrons. The number of nitrogens with zero attached hydrogens (tertiary/aromatic N) is 2. The van der Waals surface area contributed by atoms with Crippen LogP contribution in [0.4, 0.5) is 0 Å². The van der Waals surface area contributed by atoms with Gasteiger partial charge in [0, 0.05) is 11.1 Å². The van der Waals surface area contributed by atoms with E-state index in [1.165, 1.54) is 12.4 Å². The van der Waals surface area contributed by atoms with Gasteiger partial charge >= 0.3 is 0 Å². The summed E-state index contributed by atoms with van der Waals surface area (Å²) in [5, 5.41) is 1.25. The summed E-state index contributed by atoms with van der Waals surface area (Å²) >= 11 is 17.4. The van der Waals surface area contributed by atoms with Crippen LogP contribution in [0.5, 0.6) is 11.6 Å². The van der Waals surface area contributed by atoms with Crippen molar-refractivity contribution >= 4 is 34.8 Å². The van der Waals surface area contributed by atoms with Crippen LogP contribution in [0.25, 0.3) is 0 Å². The molecule has 0 atom stereocenters. The van der Waals surface area contributed by atoms with Crippen LogP contribution in [-0.4, -0.2) is 9.97 Å². The predicted octanol–water partition coefficient (Wildman–Crippen LogP) is 4.23. The van der Waals surface area contributed by atoms with Crippen molar-refractivity contribution in [3.63, 3.8) is 0 Å². The Morgan fingerprint density at radius 3 is 2.50 bits per heavy atom. The highest BCUT2D eigenvalue weighted by molar-refractivity contribution is 6.35. The quantitative estimate of drug-likeness (QED) is 0.769. The molecule has 0 aliphatic carbocycles. The Balaban J connectivity index is 2.27. The van der Waals surface area contributed by atoms with E-state index in [1.807, 2.05) is 0 Å². The molecular formula is C10H5Cl3N2O. The Labute approximate surface area is 107 Å². The third-order valence-electron chi connectivity index (χ3n) is 1.72. The standard InChI is InChI=1S/C10H5Cl3N2O/c11-6-1-2-8(7(12)3-6)16-10-4-9(13)14-5-15-10/h1-5H. The Morgan fingerprint density at radius 2 is 1.81 bits per heavy atom. The Kier molecular flexibility index (Phi) is 3.49. The lowest BCUT2D eigenvalue weighted by atomic mass is 10.3. The zero-order valence-corrected chi connectivity index (χ0v) is 10.1. The molecule has 1 heterocycles. The maximum atomic E-state index is 5.93. The molecule has 6 heteroatoms. The van der Waals surface area contributed by atoms with E-state index in [9.17, 15) is 0 Å². The largest absolute Gasteiger partial charge is 0.437 e. The van der Waals surface area contributed by atoms with Gasteiger partial charge in [-0.1, -0.05) is 34.8 Å². The molecule has 0 bridgehead atoms. The van der Waals surface area contributed by atoms with Crippen molar-refractivity contribution in [3.8, 4) is 11.6 Å². The molecule has 0 radical (unpaired) electrons. The third kappa shape index (κ3) is 2.76. The first kappa shape index (κ1) is 11.5. The lowest BCUT2D eigenvalue weighted by molar-refractivity contribution is 0.462. The van der Waals surface area contributed by atoms with E-state index < -0.39 is 0 Å². The Bertz CT molecular complexity index is 519. The minimum Gasteiger partial charge on any atom is -0.437 e. The molecule has 0 aliphatic rings. The zero-order valence-electron chi connectivity index (χ0n) is 7.82. The van der Waals surface area contributed by atoms with Crippen LogP contribution in [0.1, 0.15) is 0 Å². The lowest BCUT2D eigenvalue weighted by Crippen LogP contribution is -1.89. The molecule has 0 unspecified atom stereocenters. The minimum atomic E-state index is 0.301. The maximum absolute atomic E-state index is 5.93. The summed E-state index contributed by atoms with van der Waals surface area (Å²) in [6, 6.07) is 6.40. The summed E-state index contributed by atoms with van der Waals surface area (Å²) in [4.78, 5) is 7.63. The van der Waals surface area contributed by atoms with E-state index >= 15 is 0 Å². The van der Waals surface area contributed by atoms with Crippen LogP contribution in [0.15, 0.2) is 30.6 Å². The molecule has 1 aromatic carbocycles. The fourth-order valence-corrected chi connectivity index (χ4v) is 1.63. The Morgan fingerprint density at radius 1 is 1.00 bits per heavy atom. The van der Waals surface area contributed by atoms with Gasteiger partial charge in [-0.15, -0.1) is 0 Å². The van der Waals surface area contributed by atoms with Crippen LogP contribution < -0.4 is 4.74 Å². The van der Waals surface area contributed by atoms with Crippen molar-refractivity contribution in [3.05, 3.63) is 45.8 Å². The third-order valence-corrected chi connectivity index (χ3v) is 2.45. The van der Waals surface area contributed by atoms with E-state index in [1.54, 1.807) is 18.2 Å². The fourth-order valence-electron chi connectivity index (χ4n) is 1.04. The molecule has 2 aromatic rings. The van der Waals surface area contributed by atoms with Gasteiger partial charge in [0.05, 0.1) is 5.02 Å². The van der Waals surface area contributed by atoms with Gasteiger partial charge in [0.1, 0.15) is 17.2 Å². The van der Waals surface area contributed by atoms with Gasteiger partial charge in [-0.05, 0) is 18.2 Å². The van der Waals surface area contributed by atoms with Crippen molar-refractivity contribution in [2.45, 2.75) is 0 Å². The number of ether oxygens (including phenoxy) is 1. The average Bonchev–Trinajstić information content (AvgIpc) is 2.22. The summed E-state index contributed by atoms with van der Waals surface area (Å²) in [5.74, 6) is 0.782. The number of hydrogen-bond donors (Lipinski definition) is 0. The number of aromatic nitrogens is 2. The van der Waals surface area contributed by atoms with E-state index in [2.05, 4.69) is 9.97 Å². The monoisotopic (exact) mass is 274 g/mol. The molecule has 16 heavy (non-hydrogen) atoms. The van der Waals surface area contributed by atoms with Crippen LogP contribution >= 0.6 is 34.8 Å². The molecule has 0 saturated heterocycles. The van der Waals surface area contributed by atoms with E-state index in [0.29, 0.717) is 26.8 Å². The average molecular weight is 276 g/mol. The van der Waals surface area contributed by atoms with Crippen LogP contribution in [0, 0.1) is 0 Å². The molecule has 0 fully saturated rings. The molecule has 0 aliphatic heterocycles. The molecule has 0 N–H and O–H groups in total. The highest BCUT2D eigenvalue weighted by Gasteiger charge is 2.05. The van der Waals surface area contributed by atoms with E-state index in [-0.39, 0.29) is 0 Å². The molecule has 1 aromatic heterocycles. The molecule has 0 amide bonds. The fraction of sp³-hybridized carbons (Fsp3) is 0. The van der Waals surface area contributed by atoms with Gasteiger partial charge in [0.2, 0.25) is 5.88 Å². The minimum absolute atomic E-state index is 0.301. The van der Waals surface area contributed by atoms with Gasteiger partial charge in [-0.3, -0.25) is 0 Å². The van der Waals surface area contributed by atoms with Gasteiger partial charge in [-0.25, -0.2) is 9.97 Å². The predicted molar refractivity (Wildman–Crippen MR) is 63.6 cm³/mol. The maximum Gasteiger partial charge on any atom is 0.223 e. The van der Waals surface area contributed by atoms with Gasteiger partial charge < -0.3 is 4.74 Å². The Hall–Kier alpha value is -1.03. The number of benzene rings is 1. The number of halogens is 3. The molecule has 0 spiro atoms. The summed E-state index contributed by atoms with van der Waals surface area (Å²) in [5.41, 5.74) is 0. The summed E-state index contributed by atoms with van der Waals surface area (Å²) < 4.78 is 5.42.